The van der Waals surface area contributed by atoms with Crippen molar-refractivity contribution in [2.24, 2.45) is 5.84 Å². The van der Waals surface area contributed by atoms with E-state index in [9.17, 15) is 9.90 Å². The fourth-order valence-electron chi connectivity index (χ4n) is 1.29. The largest absolute Gasteiger partial charge is 0.508 e. The highest BCUT2D eigenvalue weighted by Gasteiger charge is 2.19. The highest BCUT2D eigenvalue weighted by Crippen LogP contribution is 2.30. The molecule has 2 rings (SSSR count). The number of phenols is 1. The molecule has 1 amide bonds. The number of phenolic OH excluding ortho intramolecular Hbond substituents is 1. The van der Waals surface area contributed by atoms with Crippen LogP contribution >= 0.6 is 0 Å². The molecule has 1 aromatic rings. The first-order valence-corrected chi connectivity index (χ1v) is 3.82. The van der Waals surface area contributed by atoms with Crippen LogP contribution in [0.1, 0.15) is 0 Å². The molecule has 1 aliphatic heterocycles. The summed E-state index contributed by atoms with van der Waals surface area (Å²) in [6.45, 7) is 0.108. The topological polar surface area (TPSA) is 78.6 Å². The van der Waals surface area contributed by atoms with Gasteiger partial charge in [0.25, 0.3) is 0 Å². The van der Waals surface area contributed by atoms with Crippen LogP contribution in [-0.4, -0.2) is 17.6 Å². The number of aromatic hydroxyl groups is 1. The zero-order valence-electron chi connectivity index (χ0n) is 6.82. The van der Waals surface area contributed by atoms with Crippen LogP contribution in [0.2, 0.25) is 0 Å². The number of anilines is 2. The van der Waals surface area contributed by atoms with Crippen LogP contribution in [-0.2, 0) is 4.79 Å². The summed E-state index contributed by atoms with van der Waals surface area (Å²) in [4.78, 5) is 11.0. The third kappa shape index (κ3) is 1.29. The van der Waals surface area contributed by atoms with Crippen molar-refractivity contribution in [3.8, 4) is 5.75 Å². The summed E-state index contributed by atoms with van der Waals surface area (Å²) in [7, 11) is 0. The first-order chi connectivity index (χ1) is 6.16. The Morgan fingerprint density at radius 1 is 1.54 bits per heavy atom. The lowest BCUT2D eigenvalue weighted by Gasteiger charge is -2.26. The van der Waals surface area contributed by atoms with Crippen LogP contribution < -0.4 is 16.2 Å². The molecule has 0 unspecified atom stereocenters. The molecule has 0 bridgehead atoms. The Bertz CT molecular complexity index is 364. The molecular formula is C8H9N3O2. The number of benzene rings is 1. The number of nitrogens with one attached hydrogen (secondary N) is 1. The highest BCUT2D eigenvalue weighted by atomic mass is 16.3. The third-order valence-electron chi connectivity index (χ3n) is 1.88. The fraction of sp³-hybridized carbons (Fsp3) is 0.125. The first kappa shape index (κ1) is 7.88. The zero-order valence-corrected chi connectivity index (χ0v) is 6.82. The maximum atomic E-state index is 11.0. The Hall–Kier alpha value is -1.75. The van der Waals surface area contributed by atoms with Crippen molar-refractivity contribution < 1.29 is 9.90 Å². The minimum atomic E-state index is -0.152. The summed E-state index contributed by atoms with van der Waals surface area (Å²) < 4.78 is 0. The van der Waals surface area contributed by atoms with Crippen LogP contribution in [0, 0.1) is 0 Å². The molecule has 5 nitrogen and oxygen atoms in total. The Morgan fingerprint density at radius 3 is 3.08 bits per heavy atom. The third-order valence-corrected chi connectivity index (χ3v) is 1.88. The fourth-order valence-corrected chi connectivity index (χ4v) is 1.29. The number of fused-ring (bicyclic) bond motifs is 1. The average Bonchev–Trinajstić information content (AvgIpc) is 2.06. The van der Waals surface area contributed by atoms with Gasteiger partial charge in [0, 0.05) is 6.07 Å². The van der Waals surface area contributed by atoms with Gasteiger partial charge in [-0.1, -0.05) is 0 Å². The van der Waals surface area contributed by atoms with Crippen molar-refractivity contribution in [1.29, 1.82) is 0 Å². The molecule has 5 heteroatoms. The quantitative estimate of drug-likeness (QED) is 0.387. The van der Waals surface area contributed by atoms with E-state index >= 15 is 0 Å². The Kier molecular flexibility index (Phi) is 1.60. The maximum absolute atomic E-state index is 11.0. The van der Waals surface area contributed by atoms with Gasteiger partial charge in [0.15, 0.2) is 0 Å². The van der Waals surface area contributed by atoms with E-state index in [1.54, 1.807) is 6.07 Å². The van der Waals surface area contributed by atoms with Crippen LogP contribution in [0.4, 0.5) is 11.4 Å². The van der Waals surface area contributed by atoms with E-state index in [4.69, 9.17) is 5.84 Å². The molecule has 1 heterocycles. The number of nitrogens with two attached hydrogens (primary N) is 1. The molecule has 0 radical (unpaired) electrons. The zero-order chi connectivity index (χ0) is 9.42. The van der Waals surface area contributed by atoms with Crippen LogP contribution in [0.5, 0.6) is 5.75 Å². The summed E-state index contributed by atoms with van der Waals surface area (Å²) in [6, 6.07) is 4.62. The summed E-state index contributed by atoms with van der Waals surface area (Å²) in [5.41, 5.74) is 1.25. The van der Waals surface area contributed by atoms with Crippen molar-refractivity contribution in [1.82, 2.24) is 0 Å². The van der Waals surface area contributed by atoms with Gasteiger partial charge >= 0.3 is 0 Å². The van der Waals surface area contributed by atoms with Crippen molar-refractivity contribution in [3.05, 3.63) is 18.2 Å². The normalized spacial score (nSPS) is 15.2. The standard InChI is InChI=1S/C8H9N3O2/c9-11-4-8(13)10-6-2-1-5(12)3-7(6)11/h1-3,12H,4,9H2,(H,10,13). The van der Waals surface area contributed by atoms with Crippen LogP contribution in [0.15, 0.2) is 18.2 Å². The molecule has 13 heavy (non-hydrogen) atoms. The van der Waals surface area contributed by atoms with Gasteiger partial charge < -0.3 is 10.4 Å². The highest BCUT2D eigenvalue weighted by molar-refractivity contribution is 6.01. The second-order valence-electron chi connectivity index (χ2n) is 2.88. The summed E-state index contributed by atoms with van der Waals surface area (Å²) in [5, 5.41) is 13.1. The summed E-state index contributed by atoms with van der Waals surface area (Å²) in [5.74, 6) is 5.54. The van der Waals surface area contributed by atoms with Crippen molar-refractivity contribution in [2.45, 2.75) is 0 Å². The smallest absolute Gasteiger partial charge is 0.245 e. The van der Waals surface area contributed by atoms with E-state index in [1.165, 1.54) is 17.1 Å². The van der Waals surface area contributed by atoms with Gasteiger partial charge in [-0.3, -0.25) is 9.80 Å². The van der Waals surface area contributed by atoms with Crippen LogP contribution in [0.25, 0.3) is 0 Å². The number of hydrogen-bond acceptors (Lipinski definition) is 4. The monoisotopic (exact) mass is 179 g/mol. The van der Waals surface area contributed by atoms with E-state index in [1.807, 2.05) is 0 Å². The number of rotatable bonds is 0. The lowest BCUT2D eigenvalue weighted by molar-refractivity contribution is -0.115. The van der Waals surface area contributed by atoms with Crippen molar-refractivity contribution >= 4 is 17.3 Å². The predicted molar refractivity (Wildman–Crippen MR) is 48.3 cm³/mol. The van der Waals surface area contributed by atoms with E-state index in [-0.39, 0.29) is 18.2 Å². The molecule has 4 N–H and O–H groups in total. The van der Waals surface area contributed by atoms with Gasteiger partial charge in [-0.2, -0.15) is 0 Å². The molecule has 0 atom stereocenters. The lowest BCUT2D eigenvalue weighted by Crippen LogP contribution is -2.42. The number of carbonyl (C=O) groups is 1. The van der Waals surface area contributed by atoms with Gasteiger partial charge in [0.2, 0.25) is 5.91 Å². The molecular weight excluding hydrogens is 170 g/mol. The summed E-state index contributed by atoms with van der Waals surface area (Å²) >= 11 is 0. The second kappa shape index (κ2) is 2.63. The van der Waals surface area contributed by atoms with Gasteiger partial charge in [0.05, 0.1) is 11.4 Å². The number of amides is 1. The molecule has 0 aliphatic carbocycles. The number of carbonyl (C=O) groups excluding carboxylic acids is 1. The van der Waals surface area contributed by atoms with Crippen molar-refractivity contribution in [2.75, 3.05) is 16.9 Å². The van der Waals surface area contributed by atoms with Gasteiger partial charge in [-0.25, -0.2) is 5.84 Å². The minimum Gasteiger partial charge on any atom is -0.508 e. The minimum absolute atomic E-state index is 0.108. The van der Waals surface area contributed by atoms with Crippen molar-refractivity contribution in [3.63, 3.8) is 0 Å². The van der Waals surface area contributed by atoms with E-state index in [0.717, 1.165) is 0 Å². The SMILES string of the molecule is NN1CC(=O)Nc2ccc(O)cc21. The van der Waals surface area contributed by atoms with E-state index in [0.29, 0.717) is 11.4 Å². The molecule has 0 fully saturated rings. The number of hydrazine groups is 1. The Balaban J connectivity index is 2.49. The lowest BCUT2D eigenvalue weighted by atomic mass is 10.2. The number of hydrogen-bond donors (Lipinski definition) is 3. The molecule has 1 aromatic carbocycles. The second-order valence-corrected chi connectivity index (χ2v) is 2.88. The van der Waals surface area contributed by atoms with Gasteiger partial charge in [-0.05, 0) is 12.1 Å². The molecule has 68 valence electrons. The van der Waals surface area contributed by atoms with Crippen LogP contribution in [0.3, 0.4) is 0 Å². The maximum Gasteiger partial charge on any atom is 0.245 e. The molecule has 0 spiro atoms. The van der Waals surface area contributed by atoms with E-state index < -0.39 is 0 Å². The first-order valence-electron chi connectivity index (χ1n) is 3.82. The molecule has 0 saturated carbocycles. The predicted octanol–water partition coefficient (Wildman–Crippen LogP) is 0.0244. The van der Waals surface area contributed by atoms with Gasteiger partial charge in [-0.15, -0.1) is 0 Å². The molecule has 0 aromatic heterocycles. The molecule has 1 aliphatic rings. The van der Waals surface area contributed by atoms with E-state index in [2.05, 4.69) is 5.32 Å². The summed E-state index contributed by atoms with van der Waals surface area (Å²) in [6.07, 6.45) is 0. The number of nitrogens with zero attached hydrogens (tertiary/aromatic N) is 1. The average molecular weight is 179 g/mol. The Labute approximate surface area is 74.7 Å². The Morgan fingerprint density at radius 2 is 2.31 bits per heavy atom. The molecule has 0 saturated heterocycles. The van der Waals surface area contributed by atoms with Gasteiger partial charge in [0.1, 0.15) is 12.3 Å².